The van der Waals surface area contributed by atoms with E-state index in [0.29, 0.717) is 25.9 Å². The van der Waals surface area contributed by atoms with Gasteiger partial charge in [0.25, 0.3) is 0 Å². The SMILES string of the molecule is Cc1ccc(F)c(NC(=O)C2CCCN(C(=O)Cc3ccc(F)cc3)C2)c1. The Hall–Kier alpha value is -2.76. The van der Waals surface area contributed by atoms with Crippen molar-refractivity contribution in [2.45, 2.75) is 26.2 Å². The molecule has 1 aliphatic heterocycles. The summed E-state index contributed by atoms with van der Waals surface area (Å²) >= 11 is 0. The van der Waals surface area contributed by atoms with Crippen LogP contribution in [0.4, 0.5) is 14.5 Å². The van der Waals surface area contributed by atoms with Crippen LogP contribution in [0.2, 0.25) is 0 Å². The van der Waals surface area contributed by atoms with E-state index in [1.165, 1.54) is 18.2 Å². The average Bonchev–Trinajstić information content (AvgIpc) is 2.66. The van der Waals surface area contributed by atoms with Gasteiger partial charge in [-0.1, -0.05) is 18.2 Å². The highest BCUT2D eigenvalue weighted by Crippen LogP contribution is 2.22. The molecule has 27 heavy (non-hydrogen) atoms. The Morgan fingerprint density at radius 2 is 1.89 bits per heavy atom. The van der Waals surface area contributed by atoms with E-state index in [2.05, 4.69) is 5.32 Å². The quantitative estimate of drug-likeness (QED) is 0.890. The van der Waals surface area contributed by atoms with Gasteiger partial charge < -0.3 is 10.2 Å². The minimum Gasteiger partial charge on any atom is -0.342 e. The van der Waals surface area contributed by atoms with Gasteiger partial charge in [-0.2, -0.15) is 0 Å². The summed E-state index contributed by atoms with van der Waals surface area (Å²) in [6, 6.07) is 10.4. The highest BCUT2D eigenvalue weighted by Gasteiger charge is 2.28. The van der Waals surface area contributed by atoms with Gasteiger partial charge in [0.1, 0.15) is 11.6 Å². The van der Waals surface area contributed by atoms with Crippen molar-refractivity contribution < 1.29 is 18.4 Å². The molecule has 1 heterocycles. The lowest BCUT2D eigenvalue weighted by atomic mass is 9.96. The number of carbonyl (C=O) groups is 2. The van der Waals surface area contributed by atoms with Crippen molar-refractivity contribution in [1.29, 1.82) is 0 Å². The van der Waals surface area contributed by atoms with Crippen molar-refractivity contribution in [3.63, 3.8) is 0 Å². The number of benzene rings is 2. The summed E-state index contributed by atoms with van der Waals surface area (Å²) in [5.74, 6) is -1.58. The predicted molar refractivity (Wildman–Crippen MR) is 99.2 cm³/mol. The number of likely N-dealkylation sites (tertiary alicyclic amines) is 1. The lowest BCUT2D eigenvalue weighted by molar-refractivity contribution is -0.133. The Morgan fingerprint density at radius 3 is 2.63 bits per heavy atom. The fourth-order valence-corrected chi connectivity index (χ4v) is 3.28. The van der Waals surface area contributed by atoms with Crippen molar-refractivity contribution in [3.8, 4) is 0 Å². The first kappa shape index (κ1) is 19.0. The Balaban J connectivity index is 1.61. The van der Waals surface area contributed by atoms with E-state index in [1.807, 2.05) is 6.92 Å². The van der Waals surface area contributed by atoms with Crippen molar-refractivity contribution >= 4 is 17.5 Å². The summed E-state index contributed by atoms with van der Waals surface area (Å²) in [6.45, 7) is 2.72. The number of nitrogens with zero attached hydrogens (tertiary/aromatic N) is 1. The molecule has 1 atom stereocenters. The van der Waals surface area contributed by atoms with Crippen LogP contribution in [-0.4, -0.2) is 29.8 Å². The fraction of sp³-hybridized carbons (Fsp3) is 0.333. The number of hydrogen-bond donors (Lipinski definition) is 1. The van der Waals surface area contributed by atoms with Crippen LogP contribution in [0.1, 0.15) is 24.0 Å². The largest absolute Gasteiger partial charge is 0.342 e. The monoisotopic (exact) mass is 372 g/mol. The number of carbonyl (C=O) groups excluding carboxylic acids is 2. The first-order valence-corrected chi connectivity index (χ1v) is 9.01. The van der Waals surface area contributed by atoms with Gasteiger partial charge in [0.05, 0.1) is 18.0 Å². The average molecular weight is 372 g/mol. The number of piperidine rings is 1. The van der Waals surface area contributed by atoms with Crippen LogP contribution in [0.15, 0.2) is 42.5 Å². The maximum Gasteiger partial charge on any atom is 0.229 e. The summed E-state index contributed by atoms with van der Waals surface area (Å²) in [5.41, 5.74) is 1.75. The number of aryl methyl sites for hydroxylation is 1. The molecule has 0 spiro atoms. The first-order valence-electron chi connectivity index (χ1n) is 9.01. The van der Waals surface area contributed by atoms with Crippen LogP contribution in [0.5, 0.6) is 0 Å². The number of nitrogens with one attached hydrogen (secondary N) is 1. The number of hydrogen-bond acceptors (Lipinski definition) is 2. The first-order chi connectivity index (χ1) is 12.9. The molecule has 1 N–H and O–H groups in total. The third-order valence-corrected chi connectivity index (χ3v) is 4.79. The van der Waals surface area contributed by atoms with Crippen molar-refractivity contribution in [2.24, 2.45) is 5.92 Å². The van der Waals surface area contributed by atoms with E-state index in [1.54, 1.807) is 29.2 Å². The van der Waals surface area contributed by atoms with Gasteiger partial charge in [0.15, 0.2) is 0 Å². The predicted octanol–water partition coefficient (Wildman–Crippen LogP) is 3.69. The zero-order valence-electron chi connectivity index (χ0n) is 15.2. The highest BCUT2D eigenvalue weighted by atomic mass is 19.1. The molecule has 2 amide bonds. The zero-order valence-corrected chi connectivity index (χ0v) is 15.2. The topological polar surface area (TPSA) is 49.4 Å². The van der Waals surface area contributed by atoms with Crippen LogP contribution in [0.25, 0.3) is 0 Å². The van der Waals surface area contributed by atoms with E-state index in [9.17, 15) is 18.4 Å². The molecule has 1 fully saturated rings. The molecule has 1 aliphatic rings. The molecule has 0 aromatic heterocycles. The van der Waals surface area contributed by atoms with E-state index >= 15 is 0 Å². The van der Waals surface area contributed by atoms with Gasteiger partial charge in [-0.25, -0.2) is 8.78 Å². The van der Waals surface area contributed by atoms with E-state index < -0.39 is 5.82 Å². The second kappa shape index (κ2) is 8.29. The Kier molecular flexibility index (Phi) is 5.84. The van der Waals surface area contributed by atoms with E-state index in [4.69, 9.17) is 0 Å². The second-order valence-electron chi connectivity index (χ2n) is 6.95. The summed E-state index contributed by atoms with van der Waals surface area (Å²) in [4.78, 5) is 26.7. The standard InChI is InChI=1S/C21H22F2N2O2/c1-14-4-9-18(23)19(11-14)24-21(27)16-3-2-10-25(13-16)20(26)12-15-5-7-17(22)8-6-15/h4-9,11,16H,2-3,10,12-13H2,1H3,(H,24,27). The van der Waals surface area contributed by atoms with Crippen molar-refractivity contribution in [3.05, 3.63) is 65.2 Å². The number of rotatable bonds is 4. The highest BCUT2D eigenvalue weighted by molar-refractivity contribution is 5.93. The molecule has 0 bridgehead atoms. The van der Waals surface area contributed by atoms with Crippen LogP contribution in [0.3, 0.4) is 0 Å². The van der Waals surface area contributed by atoms with Gasteiger partial charge in [-0.15, -0.1) is 0 Å². The Labute approximate surface area is 157 Å². The smallest absolute Gasteiger partial charge is 0.229 e. The van der Waals surface area contributed by atoms with Crippen LogP contribution >= 0.6 is 0 Å². The lowest BCUT2D eigenvalue weighted by Gasteiger charge is -2.32. The maximum atomic E-state index is 13.9. The summed E-state index contributed by atoms with van der Waals surface area (Å²) in [6.07, 6.45) is 1.53. The van der Waals surface area contributed by atoms with E-state index in [0.717, 1.165) is 11.1 Å². The molecule has 0 radical (unpaired) electrons. The van der Waals surface area contributed by atoms with Crippen LogP contribution in [0, 0.1) is 24.5 Å². The van der Waals surface area contributed by atoms with Crippen LogP contribution in [-0.2, 0) is 16.0 Å². The third-order valence-electron chi connectivity index (χ3n) is 4.79. The minimum absolute atomic E-state index is 0.0964. The summed E-state index contributed by atoms with van der Waals surface area (Å²) < 4.78 is 26.9. The fourth-order valence-electron chi connectivity index (χ4n) is 3.28. The summed E-state index contributed by atoms with van der Waals surface area (Å²) in [7, 11) is 0. The molecular weight excluding hydrogens is 350 g/mol. The number of amides is 2. The zero-order chi connectivity index (χ0) is 19.4. The molecular formula is C21H22F2N2O2. The van der Waals surface area contributed by atoms with Gasteiger partial charge >= 0.3 is 0 Å². The molecule has 1 unspecified atom stereocenters. The van der Waals surface area contributed by atoms with Crippen molar-refractivity contribution in [1.82, 2.24) is 4.90 Å². The van der Waals surface area contributed by atoms with Gasteiger partial charge in [-0.05, 0) is 55.2 Å². The molecule has 0 saturated carbocycles. The second-order valence-corrected chi connectivity index (χ2v) is 6.95. The molecule has 2 aromatic carbocycles. The number of halogens is 2. The minimum atomic E-state index is -0.478. The molecule has 4 nitrogen and oxygen atoms in total. The van der Waals surface area contributed by atoms with Gasteiger partial charge in [0, 0.05) is 13.1 Å². The van der Waals surface area contributed by atoms with Gasteiger partial charge in [-0.3, -0.25) is 9.59 Å². The maximum absolute atomic E-state index is 13.9. The molecule has 1 saturated heterocycles. The third kappa shape index (κ3) is 4.90. The molecule has 142 valence electrons. The van der Waals surface area contributed by atoms with Gasteiger partial charge in [0.2, 0.25) is 11.8 Å². The molecule has 2 aromatic rings. The van der Waals surface area contributed by atoms with E-state index in [-0.39, 0.29) is 35.7 Å². The molecule has 6 heteroatoms. The lowest BCUT2D eigenvalue weighted by Crippen LogP contribution is -2.44. The van der Waals surface area contributed by atoms with Crippen LogP contribution < -0.4 is 5.32 Å². The Morgan fingerprint density at radius 1 is 1.15 bits per heavy atom. The number of anilines is 1. The normalized spacial score (nSPS) is 16.9. The summed E-state index contributed by atoms with van der Waals surface area (Å²) in [5, 5.41) is 2.64. The van der Waals surface area contributed by atoms with Crippen molar-refractivity contribution in [2.75, 3.05) is 18.4 Å². The molecule has 3 rings (SSSR count). The Bertz CT molecular complexity index is 837. The molecule has 0 aliphatic carbocycles.